The lowest BCUT2D eigenvalue weighted by Crippen LogP contribution is -2.35. The molecule has 148 valence electrons. The molecule has 1 heterocycles. The maximum absolute atomic E-state index is 13.2. The number of rotatable bonds is 3. The highest BCUT2D eigenvalue weighted by molar-refractivity contribution is 7.89. The van der Waals surface area contributed by atoms with Crippen molar-refractivity contribution in [2.45, 2.75) is 43.5 Å². The number of ether oxygens (including phenoxy) is 1. The molecular weight excluding hydrogens is 400 g/mol. The lowest BCUT2D eigenvalue weighted by atomic mass is 10.2. The average Bonchev–Trinajstić information content (AvgIpc) is 3.13. The van der Waals surface area contributed by atoms with E-state index in [1.807, 2.05) is 13.0 Å². The van der Waals surface area contributed by atoms with Gasteiger partial charge >= 0.3 is 0 Å². The van der Waals surface area contributed by atoms with Gasteiger partial charge in [0.25, 0.3) is 5.91 Å². The first kappa shape index (κ1) is 19.2. The molecule has 6 nitrogen and oxygen atoms in total. The van der Waals surface area contributed by atoms with Crippen LogP contribution < -0.4 is 10.1 Å². The van der Waals surface area contributed by atoms with E-state index in [2.05, 4.69) is 5.32 Å². The van der Waals surface area contributed by atoms with E-state index in [-0.39, 0.29) is 27.3 Å². The molecule has 1 fully saturated rings. The number of fused-ring (bicyclic) bond motifs is 2. The normalized spacial score (nSPS) is 16.9. The summed E-state index contributed by atoms with van der Waals surface area (Å²) in [6.07, 6.45) is 3.68. The van der Waals surface area contributed by atoms with E-state index < -0.39 is 15.9 Å². The van der Waals surface area contributed by atoms with Crippen molar-refractivity contribution >= 4 is 33.2 Å². The molecule has 2 aromatic carbocycles. The Hall–Kier alpha value is -2.09. The number of benzene rings is 2. The van der Waals surface area contributed by atoms with Gasteiger partial charge in [0.15, 0.2) is 5.75 Å². The molecule has 2 aromatic rings. The summed E-state index contributed by atoms with van der Waals surface area (Å²) in [5, 5.41) is 2.81. The average molecular weight is 421 g/mol. The van der Waals surface area contributed by atoms with Crippen LogP contribution in [0.4, 0.5) is 5.69 Å². The van der Waals surface area contributed by atoms with E-state index in [1.54, 1.807) is 19.2 Å². The fourth-order valence-electron chi connectivity index (χ4n) is 3.74. The van der Waals surface area contributed by atoms with Crippen LogP contribution >= 0.6 is 11.6 Å². The number of carbonyl (C=O) groups is 1. The fraction of sp³-hybridized carbons (Fsp3) is 0.350. The first-order valence-corrected chi connectivity index (χ1v) is 11.0. The maximum Gasteiger partial charge on any atom is 0.259 e. The Morgan fingerprint density at radius 2 is 1.86 bits per heavy atom. The molecular formula is C20H21ClN2O4S. The van der Waals surface area contributed by atoms with Crippen LogP contribution in [0.15, 0.2) is 35.2 Å². The van der Waals surface area contributed by atoms with Crippen molar-refractivity contribution in [1.29, 1.82) is 0 Å². The number of halogens is 1. The van der Waals surface area contributed by atoms with Crippen LogP contribution in [0.5, 0.6) is 11.5 Å². The summed E-state index contributed by atoms with van der Waals surface area (Å²) < 4.78 is 33.6. The molecule has 0 spiro atoms. The van der Waals surface area contributed by atoms with Crippen LogP contribution in [-0.4, -0.2) is 31.7 Å². The number of sulfonamides is 1. The van der Waals surface area contributed by atoms with Gasteiger partial charge < -0.3 is 10.1 Å². The summed E-state index contributed by atoms with van der Waals surface area (Å²) >= 11 is 6.34. The second kappa shape index (κ2) is 7.06. The highest BCUT2D eigenvalue weighted by Crippen LogP contribution is 2.40. The number of carbonyl (C=O) groups excluding carboxylic acids is 1. The van der Waals surface area contributed by atoms with Crippen molar-refractivity contribution in [2.75, 3.05) is 12.4 Å². The molecule has 28 heavy (non-hydrogen) atoms. The van der Waals surface area contributed by atoms with Crippen molar-refractivity contribution in [3.05, 3.63) is 46.5 Å². The Labute approximate surface area is 169 Å². The van der Waals surface area contributed by atoms with Gasteiger partial charge in [-0.15, -0.1) is 0 Å². The molecule has 0 saturated heterocycles. The zero-order valence-corrected chi connectivity index (χ0v) is 17.2. The molecule has 0 aromatic heterocycles. The van der Waals surface area contributed by atoms with Crippen LogP contribution in [0, 0.1) is 6.92 Å². The lowest BCUT2D eigenvalue weighted by molar-refractivity contribution is 0.102. The second-order valence-corrected chi connectivity index (χ2v) is 9.67. The standard InChI is InChI=1S/C20H21ClN2O4S/c1-12-7-8-16-18(9-12)27-17-11-15(21)19(10-14(17)20(24)22-16)28(25,26)23(2)13-5-3-4-6-13/h7-11,13H,3-6H2,1-2H3,(H,22,24). The summed E-state index contributed by atoms with van der Waals surface area (Å²) in [4.78, 5) is 12.6. The Balaban J connectivity index is 1.77. The predicted octanol–water partition coefficient (Wildman–Crippen LogP) is 4.57. The first-order valence-electron chi connectivity index (χ1n) is 9.19. The number of amides is 1. The van der Waals surface area contributed by atoms with E-state index in [1.165, 1.54) is 16.4 Å². The molecule has 0 atom stereocenters. The summed E-state index contributed by atoms with van der Waals surface area (Å²) in [6, 6.07) is 8.09. The zero-order chi connectivity index (χ0) is 20.1. The Kier molecular flexibility index (Phi) is 4.85. The third-order valence-electron chi connectivity index (χ3n) is 5.38. The lowest BCUT2D eigenvalue weighted by Gasteiger charge is -2.24. The van der Waals surface area contributed by atoms with Crippen LogP contribution in [0.2, 0.25) is 5.02 Å². The van der Waals surface area contributed by atoms with E-state index in [9.17, 15) is 13.2 Å². The van der Waals surface area contributed by atoms with Gasteiger partial charge in [0.05, 0.1) is 16.3 Å². The van der Waals surface area contributed by atoms with E-state index >= 15 is 0 Å². The van der Waals surface area contributed by atoms with Crippen molar-refractivity contribution in [2.24, 2.45) is 0 Å². The smallest absolute Gasteiger partial charge is 0.259 e. The minimum absolute atomic E-state index is 0.0347. The molecule has 0 radical (unpaired) electrons. The van der Waals surface area contributed by atoms with E-state index in [0.717, 1.165) is 31.2 Å². The molecule has 1 saturated carbocycles. The van der Waals surface area contributed by atoms with Gasteiger partial charge in [-0.25, -0.2) is 8.42 Å². The van der Waals surface area contributed by atoms with Crippen molar-refractivity contribution < 1.29 is 17.9 Å². The fourth-order valence-corrected chi connectivity index (χ4v) is 5.67. The van der Waals surface area contributed by atoms with Gasteiger partial charge in [0, 0.05) is 19.2 Å². The van der Waals surface area contributed by atoms with Crippen molar-refractivity contribution in [3.8, 4) is 11.5 Å². The molecule has 0 bridgehead atoms. The van der Waals surface area contributed by atoms with Crippen LogP contribution in [0.3, 0.4) is 0 Å². The second-order valence-electron chi connectivity index (χ2n) is 7.29. The van der Waals surface area contributed by atoms with Gasteiger partial charge in [-0.3, -0.25) is 4.79 Å². The van der Waals surface area contributed by atoms with Gasteiger partial charge in [-0.2, -0.15) is 4.31 Å². The van der Waals surface area contributed by atoms with Crippen LogP contribution in [0.25, 0.3) is 0 Å². The predicted molar refractivity (Wildman–Crippen MR) is 108 cm³/mol. The third-order valence-corrected chi connectivity index (χ3v) is 7.75. The topological polar surface area (TPSA) is 75.7 Å². The number of anilines is 1. The zero-order valence-electron chi connectivity index (χ0n) is 15.7. The van der Waals surface area contributed by atoms with Gasteiger partial charge in [-0.05, 0) is 43.5 Å². The molecule has 0 unspecified atom stereocenters. The van der Waals surface area contributed by atoms with Crippen LogP contribution in [0.1, 0.15) is 41.6 Å². The summed E-state index contributed by atoms with van der Waals surface area (Å²) in [5.41, 5.74) is 1.63. The Morgan fingerprint density at radius 1 is 1.14 bits per heavy atom. The number of aryl methyl sites for hydroxylation is 1. The third kappa shape index (κ3) is 3.27. The number of hydrogen-bond donors (Lipinski definition) is 1. The maximum atomic E-state index is 13.2. The van der Waals surface area contributed by atoms with Crippen molar-refractivity contribution in [3.63, 3.8) is 0 Å². The van der Waals surface area contributed by atoms with E-state index in [0.29, 0.717) is 11.4 Å². The number of nitrogens with zero attached hydrogens (tertiary/aromatic N) is 1. The minimum atomic E-state index is -3.83. The highest BCUT2D eigenvalue weighted by atomic mass is 35.5. The summed E-state index contributed by atoms with van der Waals surface area (Å²) in [5.74, 6) is 0.283. The van der Waals surface area contributed by atoms with Gasteiger partial charge in [-0.1, -0.05) is 30.5 Å². The number of hydrogen-bond acceptors (Lipinski definition) is 4. The number of nitrogens with one attached hydrogen (secondary N) is 1. The van der Waals surface area contributed by atoms with Crippen molar-refractivity contribution in [1.82, 2.24) is 4.31 Å². The summed E-state index contributed by atoms with van der Waals surface area (Å²) in [7, 11) is -2.26. The molecule has 1 N–H and O–H groups in total. The molecule has 2 aliphatic rings. The summed E-state index contributed by atoms with van der Waals surface area (Å²) in [6.45, 7) is 1.92. The Bertz CT molecular complexity index is 1060. The molecule has 4 rings (SSSR count). The Morgan fingerprint density at radius 3 is 2.57 bits per heavy atom. The quantitative estimate of drug-likeness (QED) is 0.789. The molecule has 1 amide bonds. The highest BCUT2D eigenvalue weighted by Gasteiger charge is 2.33. The van der Waals surface area contributed by atoms with E-state index in [4.69, 9.17) is 16.3 Å². The molecule has 8 heteroatoms. The SMILES string of the molecule is Cc1ccc2c(c1)Oc1cc(Cl)c(S(=O)(=O)N(C)C3CCCC3)cc1C(=O)N2. The monoisotopic (exact) mass is 420 g/mol. The largest absolute Gasteiger partial charge is 0.454 e. The van der Waals surface area contributed by atoms with Crippen LogP contribution in [-0.2, 0) is 10.0 Å². The van der Waals surface area contributed by atoms with Gasteiger partial charge in [0.2, 0.25) is 10.0 Å². The van der Waals surface area contributed by atoms with Gasteiger partial charge in [0.1, 0.15) is 10.6 Å². The first-order chi connectivity index (χ1) is 13.3. The molecule has 1 aliphatic heterocycles. The molecule has 1 aliphatic carbocycles. The minimum Gasteiger partial charge on any atom is -0.454 e.